The van der Waals surface area contributed by atoms with Gasteiger partial charge in [0.2, 0.25) is 0 Å². The quantitative estimate of drug-likeness (QED) is 0.383. The molecule has 5 aromatic rings. The molecule has 0 saturated carbocycles. The highest BCUT2D eigenvalue weighted by Gasteiger charge is 2.16. The van der Waals surface area contributed by atoms with Gasteiger partial charge in [0.05, 0.1) is 22.3 Å². The molecule has 2 aromatic heterocycles. The number of hydrogen-bond acceptors (Lipinski definition) is 7. The molecule has 3 aromatic carbocycles. The number of thiazole rings is 1. The molecule has 0 radical (unpaired) electrons. The number of para-hydroxylation sites is 1. The van der Waals surface area contributed by atoms with Gasteiger partial charge in [-0.25, -0.2) is 9.97 Å². The number of aryl methyl sites for hydroxylation is 1. The van der Waals surface area contributed by atoms with E-state index in [9.17, 15) is 9.59 Å². The van der Waals surface area contributed by atoms with Gasteiger partial charge in [-0.3, -0.25) is 19.5 Å². The van der Waals surface area contributed by atoms with Gasteiger partial charge in [0.15, 0.2) is 16.6 Å². The highest BCUT2D eigenvalue weighted by Crippen LogP contribution is 2.35. The van der Waals surface area contributed by atoms with Crippen molar-refractivity contribution in [1.82, 2.24) is 14.5 Å². The molecule has 0 unspecified atom stereocenters. The van der Waals surface area contributed by atoms with Gasteiger partial charge in [-0.2, -0.15) is 0 Å². The zero-order valence-electron chi connectivity index (χ0n) is 19.2. The fourth-order valence-corrected chi connectivity index (χ4v) is 4.86. The lowest BCUT2D eigenvalue weighted by atomic mass is 10.1. The fourth-order valence-electron chi connectivity index (χ4n) is 4.15. The Morgan fingerprint density at radius 2 is 1.75 bits per heavy atom. The van der Waals surface area contributed by atoms with E-state index in [4.69, 9.17) is 9.47 Å². The molecule has 0 saturated heterocycles. The summed E-state index contributed by atoms with van der Waals surface area (Å²) in [4.78, 5) is 35.0. The Balaban J connectivity index is 1.21. The van der Waals surface area contributed by atoms with E-state index in [0.29, 0.717) is 57.8 Å². The van der Waals surface area contributed by atoms with Gasteiger partial charge in [-0.1, -0.05) is 12.1 Å². The zero-order valence-corrected chi connectivity index (χ0v) is 20.0. The van der Waals surface area contributed by atoms with Crippen LogP contribution in [-0.4, -0.2) is 33.7 Å². The average Bonchev–Trinajstić information content (AvgIpc) is 3.37. The largest absolute Gasteiger partial charge is 0.486 e. The molecular weight excluding hydrogens is 476 g/mol. The molecule has 0 atom stereocenters. The van der Waals surface area contributed by atoms with Gasteiger partial charge in [0.25, 0.3) is 11.5 Å². The Labute approximate surface area is 209 Å². The van der Waals surface area contributed by atoms with Gasteiger partial charge < -0.3 is 9.47 Å². The van der Waals surface area contributed by atoms with Gasteiger partial charge >= 0.3 is 0 Å². The minimum Gasteiger partial charge on any atom is -0.486 e. The molecule has 0 spiro atoms. The molecule has 0 bridgehead atoms. The number of benzene rings is 3. The number of rotatable bonds is 4. The Morgan fingerprint density at radius 3 is 2.58 bits per heavy atom. The summed E-state index contributed by atoms with van der Waals surface area (Å²) < 4.78 is 12.8. The molecule has 178 valence electrons. The second-order valence-corrected chi connectivity index (χ2v) is 9.07. The van der Waals surface area contributed by atoms with Crippen LogP contribution in [0, 0.1) is 6.92 Å². The van der Waals surface area contributed by atoms with E-state index in [2.05, 4.69) is 15.3 Å². The van der Waals surface area contributed by atoms with Crippen LogP contribution in [0.2, 0.25) is 0 Å². The van der Waals surface area contributed by atoms with Crippen LogP contribution in [-0.2, 0) is 0 Å². The van der Waals surface area contributed by atoms with Gasteiger partial charge in [-0.15, -0.1) is 11.3 Å². The number of nitrogens with one attached hydrogen (secondary N) is 1. The van der Waals surface area contributed by atoms with Crippen LogP contribution in [0.25, 0.3) is 27.8 Å². The molecule has 9 heteroatoms. The van der Waals surface area contributed by atoms with E-state index in [1.54, 1.807) is 41.8 Å². The second kappa shape index (κ2) is 8.94. The molecule has 1 aliphatic heterocycles. The third kappa shape index (κ3) is 3.99. The first-order valence-electron chi connectivity index (χ1n) is 11.3. The van der Waals surface area contributed by atoms with Crippen LogP contribution in [0.5, 0.6) is 11.5 Å². The standard InChI is InChI=1S/C27H20N4O4S/c1-16-28-21-5-3-2-4-20(21)26(33)31(16)19-9-6-17(7-10-19)25(32)30-27-29-22(15-36-27)18-8-11-23-24(14-18)35-13-12-34-23/h2-11,14-15H,12-13H2,1H3,(H,29,30,32). The summed E-state index contributed by atoms with van der Waals surface area (Å²) in [6, 6.07) is 19.8. The van der Waals surface area contributed by atoms with E-state index in [0.717, 1.165) is 11.3 Å². The Morgan fingerprint density at radius 1 is 0.972 bits per heavy atom. The van der Waals surface area contributed by atoms with Gasteiger partial charge in [0.1, 0.15) is 19.0 Å². The molecular formula is C27H20N4O4S. The van der Waals surface area contributed by atoms with E-state index >= 15 is 0 Å². The first-order chi connectivity index (χ1) is 17.6. The Hall–Kier alpha value is -4.50. The minimum atomic E-state index is -0.287. The van der Waals surface area contributed by atoms with Crippen molar-refractivity contribution in [3.8, 4) is 28.4 Å². The van der Waals surface area contributed by atoms with Crippen molar-refractivity contribution in [3.05, 3.63) is 93.9 Å². The maximum atomic E-state index is 13.0. The molecule has 1 N–H and O–H groups in total. The number of anilines is 1. The summed E-state index contributed by atoms with van der Waals surface area (Å²) in [5.74, 6) is 1.69. The summed E-state index contributed by atoms with van der Waals surface area (Å²) in [5, 5.41) is 5.76. The van der Waals surface area contributed by atoms with E-state index in [1.807, 2.05) is 41.8 Å². The van der Waals surface area contributed by atoms with E-state index in [-0.39, 0.29) is 11.5 Å². The average molecular weight is 497 g/mol. The minimum absolute atomic E-state index is 0.148. The number of amides is 1. The van der Waals surface area contributed by atoms with Crippen molar-refractivity contribution in [2.75, 3.05) is 18.5 Å². The molecule has 1 amide bonds. The lowest BCUT2D eigenvalue weighted by Gasteiger charge is -2.18. The number of nitrogens with zero attached hydrogens (tertiary/aromatic N) is 3. The SMILES string of the molecule is Cc1nc2ccccc2c(=O)n1-c1ccc(C(=O)Nc2nc(-c3ccc4c(c3)OCCO4)cs2)cc1. The summed E-state index contributed by atoms with van der Waals surface area (Å²) >= 11 is 1.34. The lowest BCUT2D eigenvalue weighted by molar-refractivity contribution is 0.102. The normalized spacial score (nSPS) is 12.5. The summed E-state index contributed by atoms with van der Waals surface area (Å²) in [6.45, 7) is 2.84. The Kier molecular flexibility index (Phi) is 5.46. The molecule has 1 aliphatic rings. The van der Waals surface area contributed by atoms with Crippen molar-refractivity contribution in [2.45, 2.75) is 6.92 Å². The number of carbonyl (C=O) groups excluding carboxylic acids is 1. The van der Waals surface area contributed by atoms with E-state index < -0.39 is 0 Å². The predicted molar refractivity (Wildman–Crippen MR) is 139 cm³/mol. The number of hydrogen-bond donors (Lipinski definition) is 1. The van der Waals surface area contributed by atoms with Crippen molar-refractivity contribution in [1.29, 1.82) is 0 Å². The van der Waals surface area contributed by atoms with Gasteiger partial charge in [0, 0.05) is 16.5 Å². The smallest absolute Gasteiger partial charge is 0.265 e. The third-order valence-corrected chi connectivity index (χ3v) is 6.65. The van der Waals surface area contributed by atoms with Crippen LogP contribution >= 0.6 is 11.3 Å². The maximum Gasteiger partial charge on any atom is 0.265 e. The fraction of sp³-hybridized carbons (Fsp3) is 0.111. The van der Waals surface area contributed by atoms with Crippen LogP contribution in [0.4, 0.5) is 5.13 Å². The predicted octanol–water partition coefficient (Wildman–Crippen LogP) is 4.84. The summed E-state index contributed by atoms with van der Waals surface area (Å²) in [5.41, 5.74) is 3.22. The zero-order chi connectivity index (χ0) is 24.6. The molecule has 6 rings (SSSR count). The topological polar surface area (TPSA) is 95.3 Å². The molecule has 36 heavy (non-hydrogen) atoms. The van der Waals surface area contributed by atoms with Crippen LogP contribution < -0.4 is 20.3 Å². The molecule has 0 aliphatic carbocycles. The monoisotopic (exact) mass is 496 g/mol. The Bertz CT molecular complexity index is 1670. The summed E-state index contributed by atoms with van der Waals surface area (Å²) in [6.07, 6.45) is 0. The number of ether oxygens (including phenoxy) is 2. The molecule has 3 heterocycles. The van der Waals surface area contributed by atoms with Crippen molar-refractivity contribution < 1.29 is 14.3 Å². The molecule has 8 nitrogen and oxygen atoms in total. The first kappa shape index (κ1) is 22.0. The first-order valence-corrected chi connectivity index (χ1v) is 12.2. The third-order valence-electron chi connectivity index (χ3n) is 5.89. The van der Waals surface area contributed by atoms with Crippen molar-refractivity contribution in [2.24, 2.45) is 0 Å². The summed E-state index contributed by atoms with van der Waals surface area (Å²) in [7, 11) is 0. The van der Waals surface area contributed by atoms with Crippen LogP contribution in [0.1, 0.15) is 16.2 Å². The maximum absolute atomic E-state index is 13.0. The van der Waals surface area contributed by atoms with Crippen molar-refractivity contribution >= 4 is 33.3 Å². The van der Waals surface area contributed by atoms with Crippen LogP contribution in [0.3, 0.4) is 0 Å². The van der Waals surface area contributed by atoms with Crippen LogP contribution in [0.15, 0.2) is 76.9 Å². The highest BCUT2D eigenvalue weighted by atomic mass is 32.1. The highest BCUT2D eigenvalue weighted by molar-refractivity contribution is 7.14. The number of carbonyl (C=O) groups is 1. The molecule has 0 fully saturated rings. The number of aromatic nitrogens is 3. The van der Waals surface area contributed by atoms with E-state index in [1.165, 1.54) is 11.3 Å². The van der Waals surface area contributed by atoms with Crippen molar-refractivity contribution in [3.63, 3.8) is 0 Å². The number of fused-ring (bicyclic) bond motifs is 2. The van der Waals surface area contributed by atoms with Gasteiger partial charge in [-0.05, 0) is 61.5 Å². The second-order valence-electron chi connectivity index (χ2n) is 8.21. The lowest BCUT2D eigenvalue weighted by Crippen LogP contribution is -2.22.